The van der Waals surface area contributed by atoms with Gasteiger partial charge in [-0.05, 0) is 12.8 Å². The zero-order valence-electron chi connectivity index (χ0n) is 6.43. The van der Waals surface area contributed by atoms with Gasteiger partial charge in [0.25, 0.3) is 0 Å². The molecule has 0 aliphatic heterocycles. The van der Waals surface area contributed by atoms with E-state index in [4.69, 9.17) is 0 Å². The molecule has 0 saturated carbocycles. The Morgan fingerprint density at radius 3 is 1.09 bits per heavy atom. The summed E-state index contributed by atoms with van der Waals surface area (Å²) in [7, 11) is 0. The molecular weight excluding hydrogens is 288 g/mol. The molecule has 0 aliphatic carbocycles. The molecule has 0 aromatic rings. The molecule has 4 nitrogen and oxygen atoms in total. The van der Waals surface area contributed by atoms with Gasteiger partial charge in [-0.1, -0.05) is 13.8 Å². The maximum absolute atomic E-state index is 9.26. The molecule has 0 bridgehead atoms. The second-order valence-corrected chi connectivity index (χ2v) is 1.45. The average Bonchev–Trinajstić information content (AvgIpc) is 1.89. The van der Waals surface area contributed by atoms with E-state index < -0.39 is 11.9 Å². The first kappa shape index (κ1) is 17.6. The summed E-state index contributed by atoms with van der Waals surface area (Å²) >= 11 is 0. The molecule has 0 amide bonds. The zero-order chi connectivity index (χ0) is 8.57. The molecule has 0 N–H and O–H groups in total. The summed E-state index contributed by atoms with van der Waals surface area (Å²) in [5.74, 6) is -1.99. The number of hydrogen-bond acceptors (Lipinski definition) is 4. The van der Waals surface area contributed by atoms with Crippen molar-refractivity contribution < 1.29 is 69.2 Å². The maximum atomic E-state index is 9.26. The van der Waals surface area contributed by atoms with Crippen LogP contribution in [-0.4, -0.2) is 11.9 Å². The molecule has 0 unspecified atom stereocenters. The van der Waals surface area contributed by atoms with Crippen molar-refractivity contribution >= 4 is 11.9 Å². The van der Waals surface area contributed by atoms with Crippen LogP contribution in [0.15, 0.2) is 0 Å². The third-order valence-electron chi connectivity index (χ3n) is 0.577. The summed E-state index contributed by atoms with van der Waals surface area (Å²) in [5.41, 5.74) is 0. The Morgan fingerprint density at radius 2 is 1.09 bits per heavy atom. The van der Waals surface area contributed by atoms with Crippen LogP contribution >= 0.6 is 0 Å². The molecule has 1 radical (unpaired) electrons. The first-order valence-electron chi connectivity index (χ1n) is 2.94. The maximum Gasteiger partial charge on any atom is 2.00 e. The minimum absolute atomic E-state index is 0. The van der Waals surface area contributed by atoms with Crippen LogP contribution < -0.4 is 10.2 Å². The summed E-state index contributed by atoms with van der Waals surface area (Å²) in [6.45, 7) is 3.07. The van der Waals surface area contributed by atoms with Gasteiger partial charge in [-0.2, -0.15) is 0 Å². The van der Waals surface area contributed by atoms with Crippen LogP contribution in [-0.2, 0) is 9.59 Å². The number of carboxylic acid groups (broad SMARTS) is 2. The fraction of sp³-hybridized carbons (Fsp3) is 0.667. The Balaban J connectivity index is -0.000000107. The van der Waals surface area contributed by atoms with Gasteiger partial charge >= 0.3 is 49.4 Å². The van der Waals surface area contributed by atoms with Crippen LogP contribution in [0, 0.1) is 49.4 Å². The van der Waals surface area contributed by atoms with Crippen molar-refractivity contribution in [3.05, 3.63) is 0 Å². The van der Waals surface area contributed by atoms with Crippen molar-refractivity contribution in [3.63, 3.8) is 0 Å². The first-order valence-corrected chi connectivity index (χ1v) is 2.94. The molecule has 65 valence electrons. The van der Waals surface area contributed by atoms with E-state index in [0.717, 1.165) is 0 Å². The average molecular weight is 298 g/mol. The number of rotatable bonds is 2. The van der Waals surface area contributed by atoms with Gasteiger partial charge in [0.15, 0.2) is 0 Å². The van der Waals surface area contributed by atoms with E-state index in [1.807, 2.05) is 0 Å². The summed E-state index contributed by atoms with van der Waals surface area (Å²) < 4.78 is 0. The summed E-state index contributed by atoms with van der Waals surface area (Å²) in [6, 6.07) is 0. The third kappa shape index (κ3) is 37.4. The van der Waals surface area contributed by atoms with E-state index in [1.54, 1.807) is 0 Å². The molecule has 0 aromatic carbocycles. The predicted molar refractivity (Wildman–Crippen MR) is 30.6 cm³/mol. The number of carbonyl (C=O) groups is 2. The third-order valence-corrected chi connectivity index (χ3v) is 0.577. The Labute approximate surface area is 107 Å². The normalized spacial score (nSPS) is 6.73. The largest absolute Gasteiger partial charge is 2.00 e. The Hall–Kier alpha value is 0.524. The van der Waals surface area contributed by atoms with Crippen LogP contribution in [0.25, 0.3) is 0 Å². The standard InChI is InChI=1S/2C3H6O2.Eu/c2*1-2-3(4)5;/h2*2H2,1H3,(H,4,5);/q;;+2/p-2. The monoisotopic (exact) mass is 299 g/mol. The van der Waals surface area contributed by atoms with E-state index in [0.29, 0.717) is 0 Å². The van der Waals surface area contributed by atoms with Crippen molar-refractivity contribution in [1.82, 2.24) is 0 Å². The van der Waals surface area contributed by atoms with Crippen molar-refractivity contribution in [2.24, 2.45) is 0 Å². The van der Waals surface area contributed by atoms with Gasteiger partial charge in [-0.15, -0.1) is 0 Å². The molecule has 5 heteroatoms. The number of hydrogen-bond donors (Lipinski definition) is 0. The predicted octanol–water partition coefficient (Wildman–Crippen LogP) is -1.71. The second kappa shape index (κ2) is 13.1. The Bertz CT molecular complexity index is 99.1. The van der Waals surface area contributed by atoms with Gasteiger partial charge in [-0.25, -0.2) is 0 Å². The first-order chi connectivity index (χ1) is 4.54. The quantitative estimate of drug-likeness (QED) is 0.608. The van der Waals surface area contributed by atoms with E-state index in [2.05, 4.69) is 0 Å². The second-order valence-electron chi connectivity index (χ2n) is 1.45. The van der Waals surface area contributed by atoms with Crippen molar-refractivity contribution in [2.45, 2.75) is 26.7 Å². The molecule has 0 atom stereocenters. The van der Waals surface area contributed by atoms with Crippen molar-refractivity contribution in [2.75, 3.05) is 0 Å². The van der Waals surface area contributed by atoms with Crippen molar-refractivity contribution in [3.8, 4) is 0 Å². The van der Waals surface area contributed by atoms with E-state index in [9.17, 15) is 19.8 Å². The van der Waals surface area contributed by atoms with Gasteiger partial charge < -0.3 is 19.8 Å². The van der Waals surface area contributed by atoms with Gasteiger partial charge in [0.1, 0.15) is 0 Å². The Morgan fingerprint density at radius 1 is 1.00 bits per heavy atom. The molecule has 0 aromatic heterocycles. The molecule has 0 spiro atoms. The number of carboxylic acids is 2. The molecule has 11 heavy (non-hydrogen) atoms. The van der Waals surface area contributed by atoms with Gasteiger partial charge in [0, 0.05) is 11.9 Å². The zero-order valence-corrected chi connectivity index (χ0v) is 8.85. The number of aliphatic carboxylic acids is 2. The summed E-state index contributed by atoms with van der Waals surface area (Å²) in [4.78, 5) is 18.5. The molecule has 0 rings (SSSR count). The minimum Gasteiger partial charge on any atom is -0.550 e. The minimum atomic E-state index is -0.995. The fourth-order valence-corrected chi connectivity index (χ4v) is 0. The molecule has 0 fully saturated rings. The SMILES string of the molecule is CCC(=O)[O-].CCC(=O)[O-].[Eu+2]. The molecule has 0 saturated heterocycles. The summed E-state index contributed by atoms with van der Waals surface area (Å²) in [6.07, 6.45) is 0.222. The van der Waals surface area contributed by atoms with E-state index in [1.165, 1.54) is 13.8 Å². The van der Waals surface area contributed by atoms with Gasteiger partial charge in [0.05, 0.1) is 0 Å². The van der Waals surface area contributed by atoms with Gasteiger partial charge in [0.2, 0.25) is 0 Å². The van der Waals surface area contributed by atoms with Crippen molar-refractivity contribution in [1.29, 1.82) is 0 Å². The van der Waals surface area contributed by atoms with Crippen LogP contribution in [0.5, 0.6) is 0 Å². The number of carbonyl (C=O) groups excluding carboxylic acids is 2. The van der Waals surface area contributed by atoms with E-state index >= 15 is 0 Å². The van der Waals surface area contributed by atoms with E-state index in [-0.39, 0.29) is 62.2 Å². The molecule has 0 heterocycles. The van der Waals surface area contributed by atoms with Crippen LogP contribution in [0.3, 0.4) is 0 Å². The van der Waals surface area contributed by atoms with Crippen LogP contribution in [0.1, 0.15) is 26.7 Å². The topological polar surface area (TPSA) is 80.3 Å². The summed E-state index contributed by atoms with van der Waals surface area (Å²) in [5, 5.41) is 18.5. The Kier molecular flexibility index (Phi) is 21.0. The molecule has 0 aliphatic rings. The smallest absolute Gasteiger partial charge is 0.550 e. The van der Waals surface area contributed by atoms with Crippen LogP contribution in [0.2, 0.25) is 0 Å². The molecular formula is C6H10EuO4. The fourth-order valence-electron chi connectivity index (χ4n) is 0. The van der Waals surface area contributed by atoms with Gasteiger partial charge in [-0.3, -0.25) is 0 Å². The van der Waals surface area contributed by atoms with Crippen LogP contribution in [0.4, 0.5) is 0 Å².